The quantitative estimate of drug-likeness (QED) is 0.0944. The average molecular weight is 1710 g/mol. The van der Waals surface area contributed by atoms with Crippen molar-refractivity contribution in [2.75, 3.05) is 9.80 Å². The van der Waals surface area contributed by atoms with Crippen molar-refractivity contribution >= 4 is 120 Å². The van der Waals surface area contributed by atoms with E-state index in [1.54, 1.807) is 0 Å². The smallest absolute Gasteiger partial charge is 0.0462 e. The number of nitrogens with zero attached hydrogens (tertiary/aromatic N) is 2. The summed E-state index contributed by atoms with van der Waals surface area (Å²) in [6.45, 7) is 8.66. The van der Waals surface area contributed by atoms with Crippen molar-refractivity contribution in [2.24, 2.45) is 0 Å². The van der Waals surface area contributed by atoms with E-state index in [0.717, 1.165) is 34.1 Å². The van der Waals surface area contributed by atoms with Gasteiger partial charge in [-0.15, -0.1) is 0 Å². The van der Waals surface area contributed by atoms with E-state index in [-0.39, 0.29) is 0 Å². The summed E-state index contributed by atoms with van der Waals surface area (Å²) in [7, 11) is 0. The third-order valence-corrected chi connectivity index (χ3v) is 26.6. The maximum atomic E-state index is 2.43. The van der Waals surface area contributed by atoms with Gasteiger partial charge in [-0.3, -0.25) is 0 Å². The fraction of sp³-hybridized carbons (Fsp3) is 0.0303. The number of fused-ring (bicyclic) bond motifs is 8. The van der Waals surface area contributed by atoms with Crippen molar-refractivity contribution in [2.45, 2.75) is 27.7 Å². The molecule has 0 spiro atoms. The SMILES string of the molecule is Cc1ccc(-c2c3ccccc3c(-c3ccc(C)cc3)c3cc(C)ccc23)cc1.Cc1ccc2c(-c3ccc(N(c4ccccc4)c4ccccc4)cc3)c3ccccc3c(-c3ccc(N(c4ccccc4)c4ccccc4)cc3)c2c1.c1ccc(-c2c3ccccc3c(-c3ccccc3)c3cc(-c4ccc5c(-c6ccccc6)c6ccccc6c(-c6ccccc6)c5c4)ccc23)cc1. The standard InChI is InChI=1S/C52H34.C51H38N2.C29H24/c1-5-17-35(18-6-1)49-41-25-13-15-27-43(41)51(37-21-9-3-10-22-37)47-33-39(29-31-45(47)49)40-30-32-46-48(34-40)52(38-23-11-4-12-24-38)44-28-16-14-26-42(44)50(46)36-19-7-2-8-20-36;1-37-26-35-48-49(36-37)51(39-29-33-45(34-30-39)53(42-20-10-4-11-21-42)43-22-12-5-13-23-43)47-25-15-14-24-46(47)50(48)38-27-31-44(32-28-38)52(40-16-6-2-7-17-40)41-18-8-3-9-19-41;1-19-8-13-22(14-9-19)28-24-6-4-5-7-25(24)29(23-15-10-20(2)11-16-23)27-18-21(3)12-17-26(27)28/h1-34H;2-36H,1H3;4-18H,1-3H3. The van der Waals surface area contributed by atoms with Crippen LogP contribution in [0.25, 0.3) is 186 Å². The second-order valence-electron chi connectivity index (χ2n) is 35.1. The van der Waals surface area contributed by atoms with Crippen LogP contribution in [-0.4, -0.2) is 0 Å². The molecule has 0 amide bonds. The Morgan fingerprint density at radius 3 is 0.485 bits per heavy atom. The lowest BCUT2D eigenvalue weighted by molar-refractivity contribution is 1.28. The Morgan fingerprint density at radius 2 is 0.254 bits per heavy atom. The van der Waals surface area contributed by atoms with E-state index in [1.165, 1.54) is 209 Å². The summed E-state index contributed by atoms with van der Waals surface area (Å²) < 4.78 is 0. The first-order valence-corrected chi connectivity index (χ1v) is 46.4. The normalized spacial score (nSPS) is 11.3. The molecule has 0 heterocycles. The molecule has 0 saturated heterocycles. The van der Waals surface area contributed by atoms with Crippen LogP contribution >= 0.6 is 0 Å². The molecule has 0 aromatic heterocycles. The van der Waals surface area contributed by atoms with Crippen LogP contribution in [0.3, 0.4) is 0 Å². The highest BCUT2D eigenvalue weighted by Gasteiger charge is 2.25. The first kappa shape index (κ1) is 82.6. The van der Waals surface area contributed by atoms with Gasteiger partial charge in [0.15, 0.2) is 0 Å². The zero-order valence-corrected chi connectivity index (χ0v) is 75.4. The fourth-order valence-electron chi connectivity index (χ4n) is 20.4. The second kappa shape index (κ2) is 36.5. The highest BCUT2D eigenvalue weighted by atomic mass is 15.1. The zero-order valence-electron chi connectivity index (χ0n) is 75.4. The van der Waals surface area contributed by atoms with Crippen molar-refractivity contribution in [1.82, 2.24) is 0 Å². The van der Waals surface area contributed by atoms with E-state index in [4.69, 9.17) is 0 Å². The highest BCUT2D eigenvalue weighted by Crippen LogP contribution is 2.52. The molecule has 2 nitrogen and oxygen atoms in total. The average Bonchev–Trinajstić information content (AvgIpc) is 0.731. The third kappa shape index (κ3) is 15.8. The van der Waals surface area contributed by atoms with Crippen molar-refractivity contribution in [3.63, 3.8) is 0 Å². The Bertz CT molecular complexity index is 8140. The summed E-state index contributed by atoms with van der Waals surface area (Å²) in [5.74, 6) is 0. The molecule has 0 aliphatic carbocycles. The van der Waals surface area contributed by atoms with Gasteiger partial charge in [-0.1, -0.05) is 447 Å². The Labute approximate surface area is 784 Å². The van der Waals surface area contributed by atoms with Crippen LogP contribution < -0.4 is 9.80 Å². The van der Waals surface area contributed by atoms with E-state index in [2.05, 4.69) is 547 Å². The molecule has 0 aliphatic rings. The maximum absolute atomic E-state index is 2.43. The van der Waals surface area contributed by atoms with E-state index in [1.807, 2.05) is 0 Å². The molecule has 0 bridgehead atoms. The van der Waals surface area contributed by atoms with Gasteiger partial charge in [0.25, 0.3) is 0 Å². The number of hydrogen-bond donors (Lipinski definition) is 0. The van der Waals surface area contributed by atoms with Crippen LogP contribution in [-0.2, 0) is 0 Å². The molecule has 0 aliphatic heterocycles. The van der Waals surface area contributed by atoms with Gasteiger partial charge in [-0.25, -0.2) is 0 Å². The Morgan fingerprint density at radius 1 is 0.104 bits per heavy atom. The minimum atomic E-state index is 1.12. The molecule has 0 fully saturated rings. The minimum absolute atomic E-state index is 1.12. The molecule has 0 atom stereocenters. The van der Waals surface area contributed by atoms with Crippen LogP contribution in [0, 0.1) is 27.7 Å². The first-order valence-electron chi connectivity index (χ1n) is 46.4. The van der Waals surface area contributed by atoms with Crippen molar-refractivity contribution in [1.29, 1.82) is 0 Å². The number of benzene rings is 24. The van der Waals surface area contributed by atoms with Gasteiger partial charge < -0.3 is 9.80 Å². The van der Waals surface area contributed by atoms with E-state index in [0.29, 0.717) is 0 Å². The predicted octanol–water partition coefficient (Wildman–Crippen LogP) is 37.5. The third-order valence-electron chi connectivity index (χ3n) is 26.6. The van der Waals surface area contributed by atoms with Crippen LogP contribution in [0.4, 0.5) is 34.1 Å². The molecule has 2 heteroatoms. The largest absolute Gasteiger partial charge is 0.311 e. The molecular formula is C132H96N2. The molecule has 24 aromatic rings. The summed E-state index contributed by atoms with van der Waals surface area (Å²) >= 11 is 0. The topological polar surface area (TPSA) is 6.48 Å². The molecule has 134 heavy (non-hydrogen) atoms. The highest BCUT2D eigenvalue weighted by molar-refractivity contribution is 6.26. The molecular weight excluding hydrogens is 1610 g/mol. The van der Waals surface area contributed by atoms with Crippen molar-refractivity contribution in [3.05, 3.63) is 532 Å². The van der Waals surface area contributed by atoms with Gasteiger partial charge in [0.1, 0.15) is 0 Å². The van der Waals surface area contributed by atoms with Crippen LogP contribution in [0.15, 0.2) is 510 Å². The summed E-state index contributed by atoms with van der Waals surface area (Å²) in [5.41, 5.74) is 34.4. The molecule has 634 valence electrons. The van der Waals surface area contributed by atoms with E-state index < -0.39 is 0 Å². The van der Waals surface area contributed by atoms with Crippen LogP contribution in [0.2, 0.25) is 0 Å². The summed E-state index contributed by atoms with van der Waals surface area (Å²) in [6, 6.07) is 185. The van der Waals surface area contributed by atoms with Gasteiger partial charge in [0.05, 0.1) is 0 Å². The number of para-hydroxylation sites is 4. The first-order chi connectivity index (χ1) is 66.2. The fourth-order valence-corrected chi connectivity index (χ4v) is 20.4. The van der Waals surface area contributed by atoms with Gasteiger partial charge >= 0.3 is 0 Å². The molecule has 24 aromatic carbocycles. The van der Waals surface area contributed by atoms with E-state index >= 15 is 0 Å². The molecule has 0 radical (unpaired) electrons. The van der Waals surface area contributed by atoms with Gasteiger partial charge in [-0.05, 0) is 299 Å². The van der Waals surface area contributed by atoms with Gasteiger partial charge in [0, 0.05) is 34.1 Å². The van der Waals surface area contributed by atoms with Crippen molar-refractivity contribution < 1.29 is 0 Å². The zero-order chi connectivity index (χ0) is 90.0. The summed E-state index contributed by atoms with van der Waals surface area (Å²) in [6.07, 6.45) is 0. The molecule has 0 saturated carbocycles. The molecule has 24 rings (SSSR count). The Hall–Kier alpha value is -17.0. The Balaban J connectivity index is 0.000000122. The van der Waals surface area contributed by atoms with Crippen molar-refractivity contribution in [3.8, 4) is 100 Å². The van der Waals surface area contributed by atoms with Crippen LogP contribution in [0.1, 0.15) is 22.3 Å². The van der Waals surface area contributed by atoms with Gasteiger partial charge in [-0.2, -0.15) is 0 Å². The monoisotopic (exact) mass is 1710 g/mol. The maximum Gasteiger partial charge on any atom is 0.0462 e. The lowest BCUT2D eigenvalue weighted by Gasteiger charge is -2.26. The summed E-state index contributed by atoms with van der Waals surface area (Å²) in [5, 5.41) is 20.4. The Kier molecular flexibility index (Phi) is 22.5. The predicted molar refractivity (Wildman–Crippen MR) is 577 cm³/mol. The lowest BCUT2D eigenvalue weighted by Crippen LogP contribution is -2.09. The lowest BCUT2D eigenvalue weighted by atomic mass is 9.83. The number of hydrogen-bond acceptors (Lipinski definition) is 2. The minimum Gasteiger partial charge on any atom is -0.311 e. The van der Waals surface area contributed by atoms with Gasteiger partial charge in [0.2, 0.25) is 0 Å². The molecule has 0 unspecified atom stereocenters. The number of anilines is 6. The number of rotatable bonds is 15. The van der Waals surface area contributed by atoms with Crippen LogP contribution in [0.5, 0.6) is 0 Å². The summed E-state index contributed by atoms with van der Waals surface area (Å²) in [4.78, 5) is 4.63. The second-order valence-corrected chi connectivity index (χ2v) is 35.1. The number of aryl methyl sites for hydroxylation is 4. The molecule has 0 N–H and O–H groups in total. The van der Waals surface area contributed by atoms with E-state index in [9.17, 15) is 0 Å².